The summed E-state index contributed by atoms with van der Waals surface area (Å²) in [5.74, 6) is 0.161. The predicted octanol–water partition coefficient (Wildman–Crippen LogP) is 0.494. The molecule has 1 atom stereocenters. The summed E-state index contributed by atoms with van der Waals surface area (Å²) in [7, 11) is 1.56. The number of aliphatic hydroxyl groups excluding tert-OH is 1. The van der Waals surface area contributed by atoms with Gasteiger partial charge in [0.1, 0.15) is 0 Å². The molecule has 6 heteroatoms. The third kappa shape index (κ3) is 6.17. The Balaban J connectivity index is 2.27. The van der Waals surface area contributed by atoms with E-state index in [9.17, 15) is 9.90 Å². The Morgan fingerprint density at radius 2 is 2.37 bits per heavy atom. The number of nitrogens with zero attached hydrogens (tertiary/aromatic N) is 1. The second kappa shape index (κ2) is 8.44. The van der Waals surface area contributed by atoms with Gasteiger partial charge in [0.25, 0.3) is 0 Å². The Labute approximate surface area is 112 Å². The number of hydrogen-bond acceptors (Lipinski definition) is 6. The molecule has 6 nitrogen and oxygen atoms in total. The first-order chi connectivity index (χ1) is 9.15. The number of rotatable bonds is 8. The molecular formula is C13H20N2O4. The summed E-state index contributed by atoms with van der Waals surface area (Å²) in [6.07, 6.45) is 0.911. The molecule has 1 unspecified atom stereocenters. The lowest BCUT2D eigenvalue weighted by molar-refractivity contribution is -0.145. The van der Waals surface area contributed by atoms with Crippen LogP contribution in [0.1, 0.15) is 18.9 Å². The Morgan fingerprint density at radius 3 is 3.05 bits per heavy atom. The minimum atomic E-state index is -0.747. The molecule has 1 aromatic heterocycles. The van der Waals surface area contributed by atoms with E-state index in [-0.39, 0.29) is 12.4 Å². The third-order valence-electron chi connectivity index (χ3n) is 2.43. The number of carbonyl (C=O) groups is 1. The topological polar surface area (TPSA) is 80.7 Å². The molecule has 0 radical (unpaired) electrons. The molecule has 19 heavy (non-hydrogen) atoms. The van der Waals surface area contributed by atoms with Gasteiger partial charge >= 0.3 is 5.97 Å². The first kappa shape index (κ1) is 15.4. The van der Waals surface area contributed by atoms with Crippen molar-refractivity contribution in [2.24, 2.45) is 0 Å². The molecule has 106 valence electrons. The summed E-state index contributed by atoms with van der Waals surface area (Å²) in [5.41, 5.74) is 0.996. The molecule has 0 saturated carbocycles. The third-order valence-corrected chi connectivity index (χ3v) is 2.43. The fraction of sp³-hybridized carbons (Fsp3) is 0.538. The molecule has 0 aliphatic heterocycles. The zero-order valence-electron chi connectivity index (χ0n) is 11.3. The van der Waals surface area contributed by atoms with E-state index in [4.69, 9.17) is 9.47 Å². The van der Waals surface area contributed by atoms with Gasteiger partial charge in [-0.05, 0) is 18.6 Å². The number of hydrogen-bond donors (Lipinski definition) is 2. The molecule has 1 aromatic rings. The minimum absolute atomic E-state index is 0.000502. The standard InChI is InChI=1S/C13H20N2O4/c1-3-19-13(17)7-11(16)9-14-8-10-4-5-15-12(6-10)18-2/h4-6,11,14,16H,3,7-9H2,1-2H3. The maximum Gasteiger partial charge on any atom is 0.308 e. The van der Waals surface area contributed by atoms with Crippen LogP contribution in [-0.2, 0) is 16.1 Å². The van der Waals surface area contributed by atoms with E-state index in [2.05, 4.69) is 10.3 Å². The van der Waals surface area contributed by atoms with E-state index < -0.39 is 6.10 Å². The van der Waals surface area contributed by atoms with Gasteiger partial charge in [0.05, 0.1) is 26.2 Å². The quantitative estimate of drug-likeness (QED) is 0.668. The fourth-order valence-corrected chi connectivity index (χ4v) is 1.54. The van der Waals surface area contributed by atoms with Crippen molar-refractivity contribution in [3.05, 3.63) is 23.9 Å². The maximum atomic E-state index is 11.1. The zero-order valence-corrected chi connectivity index (χ0v) is 11.3. The van der Waals surface area contributed by atoms with Crippen molar-refractivity contribution >= 4 is 5.97 Å². The Morgan fingerprint density at radius 1 is 1.58 bits per heavy atom. The van der Waals surface area contributed by atoms with Gasteiger partial charge in [0, 0.05) is 25.4 Å². The number of methoxy groups -OCH3 is 1. The van der Waals surface area contributed by atoms with E-state index in [1.54, 1.807) is 20.2 Å². The van der Waals surface area contributed by atoms with Gasteiger partial charge in [-0.1, -0.05) is 0 Å². The van der Waals surface area contributed by atoms with Crippen LogP contribution in [0.5, 0.6) is 5.88 Å². The van der Waals surface area contributed by atoms with Gasteiger partial charge in [0.15, 0.2) is 0 Å². The van der Waals surface area contributed by atoms with Crippen molar-refractivity contribution in [2.45, 2.75) is 26.0 Å². The van der Waals surface area contributed by atoms with E-state index in [1.807, 2.05) is 12.1 Å². The molecule has 0 amide bonds. The van der Waals surface area contributed by atoms with Gasteiger partial charge in [-0.2, -0.15) is 0 Å². The van der Waals surface area contributed by atoms with Crippen molar-refractivity contribution in [3.63, 3.8) is 0 Å². The Hall–Kier alpha value is -1.66. The first-order valence-electron chi connectivity index (χ1n) is 6.19. The molecule has 0 aliphatic rings. The molecule has 0 bridgehead atoms. The molecule has 1 heterocycles. The summed E-state index contributed by atoms with van der Waals surface area (Å²) < 4.78 is 9.77. The second-order valence-electron chi connectivity index (χ2n) is 4.00. The number of aromatic nitrogens is 1. The van der Waals surface area contributed by atoms with Crippen molar-refractivity contribution in [1.82, 2.24) is 10.3 Å². The van der Waals surface area contributed by atoms with E-state index in [0.29, 0.717) is 25.6 Å². The average Bonchev–Trinajstić information content (AvgIpc) is 2.39. The first-order valence-corrected chi connectivity index (χ1v) is 6.19. The minimum Gasteiger partial charge on any atom is -0.481 e. The van der Waals surface area contributed by atoms with Crippen LogP contribution in [0.15, 0.2) is 18.3 Å². The van der Waals surface area contributed by atoms with Gasteiger partial charge < -0.3 is 19.9 Å². The highest BCUT2D eigenvalue weighted by Gasteiger charge is 2.11. The predicted molar refractivity (Wildman–Crippen MR) is 69.8 cm³/mol. The monoisotopic (exact) mass is 268 g/mol. The average molecular weight is 268 g/mol. The van der Waals surface area contributed by atoms with Gasteiger partial charge in [-0.15, -0.1) is 0 Å². The number of nitrogens with one attached hydrogen (secondary N) is 1. The summed E-state index contributed by atoms with van der Waals surface area (Å²) in [5, 5.41) is 12.7. The van der Waals surface area contributed by atoms with Crippen LogP contribution >= 0.6 is 0 Å². The van der Waals surface area contributed by atoms with Gasteiger partial charge in [-0.3, -0.25) is 4.79 Å². The lowest BCUT2D eigenvalue weighted by Gasteiger charge is -2.11. The van der Waals surface area contributed by atoms with Crippen molar-refractivity contribution in [1.29, 1.82) is 0 Å². The number of ether oxygens (including phenoxy) is 2. The van der Waals surface area contributed by atoms with Crippen LogP contribution < -0.4 is 10.1 Å². The van der Waals surface area contributed by atoms with Crippen LogP contribution in [-0.4, -0.2) is 42.4 Å². The summed E-state index contributed by atoms with van der Waals surface area (Å²) >= 11 is 0. The van der Waals surface area contributed by atoms with E-state index in [1.165, 1.54) is 0 Å². The van der Waals surface area contributed by atoms with Gasteiger partial charge in [0.2, 0.25) is 5.88 Å². The van der Waals surface area contributed by atoms with Crippen molar-refractivity contribution in [3.8, 4) is 5.88 Å². The van der Waals surface area contributed by atoms with E-state index >= 15 is 0 Å². The second-order valence-corrected chi connectivity index (χ2v) is 4.00. The highest BCUT2D eigenvalue weighted by Crippen LogP contribution is 2.08. The smallest absolute Gasteiger partial charge is 0.308 e. The number of esters is 1. The van der Waals surface area contributed by atoms with Crippen LogP contribution in [0.2, 0.25) is 0 Å². The Bertz CT molecular complexity index is 398. The Kier molecular flexibility index (Phi) is 6.84. The lowest BCUT2D eigenvalue weighted by Crippen LogP contribution is -2.29. The molecule has 0 saturated heterocycles. The van der Waals surface area contributed by atoms with Crippen molar-refractivity contribution in [2.75, 3.05) is 20.3 Å². The molecule has 1 rings (SSSR count). The number of carbonyl (C=O) groups excluding carboxylic acids is 1. The molecular weight excluding hydrogens is 248 g/mol. The summed E-state index contributed by atoms with van der Waals surface area (Å²) in [6, 6.07) is 3.66. The fourth-order valence-electron chi connectivity index (χ4n) is 1.54. The number of pyridine rings is 1. The van der Waals surface area contributed by atoms with Crippen molar-refractivity contribution < 1.29 is 19.4 Å². The highest BCUT2D eigenvalue weighted by atomic mass is 16.5. The maximum absolute atomic E-state index is 11.1. The number of aliphatic hydroxyl groups is 1. The summed E-state index contributed by atoms with van der Waals surface area (Å²) in [6.45, 7) is 2.96. The largest absolute Gasteiger partial charge is 0.481 e. The normalized spacial score (nSPS) is 11.9. The highest BCUT2D eigenvalue weighted by molar-refractivity contribution is 5.69. The molecule has 0 aliphatic carbocycles. The molecule has 2 N–H and O–H groups in total. The SMILES string of the molecule is CCOC(=O)CC(O)CNCc1ccnc(OC)c1. The lowest BCUT2D eigenvalue weighted by atomic mass is 10.2. The molecule has 0 spiro atoms. The van der Waals surface area contributed by atoms with E-state index in [0.717, 1.165) is 5.56 Å². The molecule has 0 aromatic carbocycles. The van der Waals surface area contributed by atoms with Crippen LogP contribution in [0.3, 0.4) is 0 Å². The van der Waals surface area contributed by atoms with Crippen LogP contribution in [0.4, 0.5) is 0 Å². The van der Waals surface area contributed by atoms with Crippen LogP contribution in [0, 0.1) is 0 Å². The van der Waals surface area contributed by atoms with Gasteiger partial charge in [-0.25, -0.2) is 4.98 Å². The zero-order chi connectivity index (χ0) is 14.1. The van der Waals surface area contributed by atoms with Crippen LogP contribution in [0.25, 0.3) is 0 Å². The summed E-state index contributed by atoms with van der Waals surface area (Å²) in [4.78, 5) is 15.1. The molecule has 0 fully saturated rings.